The van der Waals surface area contributed by atoms with E-state index in [1.807, 2.05) is 24.3 Å². The van der Waals surface area contributed by atoms with E-state index in [4.69, 9.17) is 16.0 Å². The van der Waals surface area contributed by atoms with Crippen LogP contribution >= 0.6 is 27.5 Å². The molecule has 0 aliphatic heterocycles. The van der Waals surface area contributed by atoms with Crippen LogP contribution in [0.5, 0.6) is 0 Å². The van der Waals surface area contributed by atoms with E-state index in [1.54, 1.807) is 0 Å². The van der Waals surface area contributed by atoms with E-state index in [-0.39, 0.29) is 0 Å². The SMILES string of the molecule is Clc1cccc(CCc2nnc(Br)o2)c1. The van der Waals surface area contributed by atoms with Crippen LogP contribution in [0.15, 0.2) is 33.5 Å². The van der Waals surface area contributed by atoms with Gasteiger partial charge in [-0.15, -0.1) is 10.2 Å². The Morgan fingerprint density at radius 1 is 1.27 bits per heavy atom. The maximum atomic E-state index is 5.87. The Hall–Kier alpha value is -0.870. The van der Waals surface area contributed by atoms with Gasteiger partial charge in [0.1, 0.15) is 0 Å². The van der Waals surface area contributed by atoms with E-state index >= 15 is 0 Å². The first-order valence-electron chi connectivity index (χ1n) is 4.46. The van der Waals surface area contributed by atoms with Crippen molar-refractivity contribution in [1.29, 1.82) is 0 Å². The second kappa shape index (κ2) is 4.77. The fourth-order valence-corrected chi connectivity index (χ4v) is 1.76. The van der Waals surface area contributed by atoms with Crippen LogP contribution in [0.3, 0.4) is 0 Å². The summed E-state index contributed by atoms with van der Waals surface area (Å²) in [6, 6.07) is 7.75. The molecule has 0 aliphatic rings. The number of benzene rings is 1. The molecule has 2 rings (SSSR count). The van der Waals surface area contributed by atoms with Gasteiger partial charge in [0.05, 0.1) is 0 Å². The lowest BCUT2D eigenvalue weighted by Gasteiger charge is -1.98. The molecule has 0 fully saturated rings. The molecule has 0 unspecified atom stereocenters. The number of aryl methyl sites for hydroxylation is 2. The fraction of sp³-hybridized carbons (Fsp3) is 0.200. The molecule has 0 N–H and O–H groups in total. The van der Waals surface area contributed by atoms with Crippen molar-refractivity contribution in [1.82, 2.24) is 10.2 Å². The molecular weight excluding hydrogens is 279 g/mol. The van der Waals surface area contributed by atoms with Gasteiger partial charge in [-0.2, -0.15) is 0 Å². The molecule has 3 nitrogen and oxygen atoms in total. The number of nitrogens with zero attached hydrogens (tertiary/aromatic N) is 2. The highest BCUT2D eigenvalue weighted by Crippen LogP contribution is 2.13. The first-order chi connectivity index (χ1) is 7.24. The lowest BCUT2D eigenvalue weighted by molar-refractivity contribution is 0.471. The molecular formula is C10H8BrClN2O. The summed E-state index contributed by atoms with van der Waals surface area (Å²) in [4.78, 5) is 0.420. The zero-order valence-electron chi connectivity index (χ0n) is 7.78. The zero-order chi connectivity index (χ0) is 10.7. The minimum absolute atomic E-state index is 0.420. The van der Waals surface area contributed by atoms with Gasteiger partial charge >= 0.3 is 0 Å². The van der Waals surface area contributed by atoms with Crippen LogP contribution in [-0.2, 0) is 12.8 Å². The average Bonchev–Trinajstić information content (AvgIpc) is 2.62. The van der Waals surface area contributed by atoms with Gasteiger partial charge in [-0.3, -0.25) is 0 Å². The van der Waals surface area contributed by atoms with Gasteiger partial charge in [-0.1, -0.05) is 23.7 Å². The molecule has 0 saturated carbocycles. The van der Waals surface area contributed by atoms with Gasteiger partial charge in [-0.05, 0) is 24.1 Å². The predicted molar refractivity (Wildman–Crippen MR) is 60.9 cm³/mol. The van der Waals surface area contributed by atoms with Crippen LogP contribution < -0.4 is 0 Å². The summed E-state index contributed by atoms with van der Waals surface area (Å²) in [6.45, 7) is 0. The molecule has 15 heavy (non-hydrogen) atoms. The number of aromatic nitrogens is 2. The van der Waals surface area contributed by atoms with E-state index < -0.39 is 0 Å². The minimum atomic E-state index is 0.420. The topological polar surface area (TPSA) is 38.9 Å². The summed E-state index contributed by atoms with van der Waals surface area (Å²) < 4.78 is 5.20. The molecule has 0 spiro atoms. The van der Waals surface area contributed by atoms with Crippen molar-refractivity contribution in [3.8, 4) is 0 Å². The Kier molecular flexibility index (Phi) is 3.38. The third-order valence-corrected chi connectivity index (χ3v) is 2.51. The predicted octanol–water partition coefficient (Wildman–Crippen LogP) is 3.27. The van der Waals surface area contributed by atoms with Crippen molar-refractivity contribution in [2.75, 3.05) is 0 Å². The first kappa shape index (κ1) is 10.6. The van der Waals surface area contributed by atoms with Gasteiger partial charge in [0.2, 0.25) is 5.89 Å². The van der Waals surface area contributed by atoms with Gasteiger partial charge in [0.15, 0.2) is 0 Å². The maximum absolute atomic E-state index is 5.87. The van der Waals surface area contributed by atoms with Crippen LogP contribution in [0.2, 0.25) is 5.02 Å². The second-order valence-corrected chi connectivity index (χ2v) is 4.19. The fourth-order valence-electron chi connectivity index (χ4n) is 1.28. The van der Waals surface area contributed by atoms with E-state index in [9.17, 15) is 0 Å². The van der Waals surface area contributed by atoms with E-state index in [2.05, 4.69) is 26.1 Å². The lowest BCUT2D eigenvalue weighted by Crippen LogP contribution is -1.91. The standard InChI is InChI=1S/C10H8BrClN2O/c11-10-14-13-9(15-10)5-4-7-2-1-3-8(12)6-7/h1-3,6H,4-5H2. The van der Waals surface area contributed by atoms with Crippen LogP contribution in [0.25, 0.3) is 0 Å². The Morgan fingerprint density at radius 2 is 2.13 bits per heavy atom. The van der Waals surface area contributed by atoms with E-state index in [0.29, 0.717) is 10.7 Å². The van der Waals surface area contributed by atoms with Crippen LogP contribution in [0, 0.1) is 0 Å². The molecule has 0 saturated heterocycles. The Morgan fingerprint density at radius 3 is 2.80 bits per heavy atom. The quantitative estimate of drug-likeness (QED) is 0.869. The molecule has 1 heterocycles. The summed E-state index contributed by atoms with van der Waals surface area (Å²) >= 11 is 8.98. The first-order valence-corrected chi connectivity index (χ1v) is 5.63. The molecule has 78 valence electrons. The number of halogens is 2. The third kappa shape index (κ3) is 3.04. The van der Waals surface area contributed by atoms with Gasteiger partial charge in [0, 0.05) is 27.4 Å². The normalized spacial score (nSPS) is 10.5. The van der Waals surface area contributed by atoms with Gasteiger partial charge in [0.25, 0.3) is 4.80 Å². The van der Waals surface area contributed by atoms with E-state index in [0.717, 1.165) is 23.4 Å². The van der Waals surface area contributed by atoms with E-state index in [1.165, 1.54) is 0 Å². The number of rotatable bonds is 3. The summed E-state index contributed by atoms with van der Waals surface area (Å²) in [6.07, 6.45) is 1.56. The minimum Gasteiger partial charge on any atom is -0.416 e. The summed E-state index contributed by atoms with van der Waals surface area (Å²) in [5.74, 6) is 0.627. The van der Waals surface area contributed by atoms with Gasteiger partial charge in [-0.25, -0.2) is 0 Å². The molecule has 0 bridgehead atoms. The smallest absolute Gasteiger partial charge is 0.284 e. The monoisotopic (exact) mass is 286 g/mol. The average molecular weight is 288 g/mol. The third-order valence-electron chi connectivity index (χ3n) is 1.96. The van der Waals surface area contributed by atoms with Crippen molar-refractivity contribution in [3.63, 3.8) is 0 Å². The van der Waals surface area contributed by atoms with Crippen molar-refractivity contribution in [2.45, 2.75) is 12.8 Å². The second-order valence-electron chi connectivity index (χ2n) is 3.08. The van der Waals surface area contributed by atoms with Crippen LogP contribution in [0.4, 0.5) is 0 Å². The molecule has 0 aliphatic carbocycles. The molecule has 1 aromatic heterocycles. The Balaban J connectivity index is 1.99. The molecule has 5 heteroatoms. The molecule has 0 amide bonds. The molecule has 0 atom stereocenters. The highest BCUT2D eigenvalue weighted by Gasteiger charge is 2.03. The summed E-state index contributed by atoms with van der Waals surface area (Å²) in [7, 11) is 0. The molecule has 0 radical (unpaired) electrons. The van der Waals surface area contributed by atoms with Gasteiger partial charge < -0.3 is 4.42 Å². The summed E-state index contributed by atoms with van der Waals surface area (Å²) in [5.41, 5.74) is 1.16. The summed E-state index contributed by atoms with van der Waals surface area (Å²) in [5, 5.41) is 8.33. The maximum Gasteiger partial charge on any atom is 0.284 e. The Labute approximate surface area is 101 Å². The van der Waals surface area contributed by atoms with Crippen LogP contribution in [-0.4, -0.2) is 10.2 Å². The van der Waals surface area contributed by atoms with Crippen molar-refractivity contribution < 1.29 is 4.42 Å². The highest BCUT2D eigenvalue weighted by atomic mass is 79.9. The lowest BCUT2D eigenvalue weighted by atomic mass is 10.1. The number of hydrogen-bond acceptors (Lipinski definition) is 3. The highest BCUT2D eigenvalue weighted by molar-refractivity contribution is 9.10. The molecule has 1 aromatic carbocycles. The Bertz CT molecular complexity index is 458. The van der Waals surface area contributed by atoms with Crippen molar-refractivity contribution in [2.24, 2.45) is 0 Å². The molecule has 2 aromatic rings. The van der Waals surface area contributed by atoms with Crippen LogP contribution in [0.1, 0.15) is 11.5 Å². The van der Waals surface area contributed by atoms with Crippen molar-refractivity contribution in [3.05, 3.63) is 45.5 Å². The number of hydrogen-bond donors (Lipinski definition) is 0. The largest absolute Gasteiger partial charge is 0.416 e. The zero-order valence-corrected chi connectivity index (χ0v) is 10.1. The van der Waals surface area contributed by atoms with Crippen molar-refractivity contribution >= 4 is 27.5 Å².